The Morgan fingerprint density at radius 2 is 1.34 bits per heavy atom. The summed E-state index contributed by atoms with van der Waals surface area (Å²) in [5.41, 5.74) is 27.3. The Morgan fingerprint density at radius 1 is 0.789 bits per heavy atom. The molecule has 4 unspecified atom stereocenters. The van der Waals surface area contributed by atoms with Gasteiger partial charge in [-0.15, -0.1) is 0 Å². The molecule has 0 saturated carbocycles. The summed E-state index contributed by atoms with van der Waals surface area (Å²) >= 11 is 0. The molecule has 0 aliphatic carbocycles. The molecule has 38 heavy (non-hydrogen) atoms. The summed E-state index contributed by atoms with van der Waals surface area (Å²) in [5.74, 6) is -4.19. The van der Waals surface area contributed by atoms with E-state index < -0.39 is 53.8 Å². The molecule has 0 bridgehead atoms. The van der Waals surface area contributed by atoms with Crippen LogP contribution in [0.4, 0.5) is 0 Å². The van der Waals surface area contributed by atoms with Gasteiger partial charge in [0.25, 0.3) is 0 Å². The molecule has 0 radical (unpaired) electrons. The van der Waals surface area contributed by atoms with Crippen molar-refractivity contribution in [3.63, 3.8) is 0 Å². The predicted octanol–water partition coefficient (Wildman–Crippen LogP) is -2.65. The molecule has 4 atom stereocenters. The molecule has 0 aromatic heterocycles. The highest BCUT2D eigenvalue weighted by Gasteiger charge is 2.30. The van der Waals surface area contributed by atoms with Gasteiger partial charge in [-0.25, -0.2) is 4.79 Å². The third-order valence-electron chi connectivity index (χ3n) is 5.52. The van der Waals surface area contributed by atoms with Crippen LogP contribution in [-0.4, -0.2) is 77.9 Å². The molecule has 0 aromatic carbocycles. The van der Waals surface area contributed by atoms with Crippen LogP contribution in [-0.2, 0) is 24.0 Å². The molecule has 0 fully saturated rings. The van der Waals surface area contributed by atoms with Crippen molar-refractivity contribution in [1.82, 2.24) is 16.0 Å². The molecule has 0 spiro atoms. The largest absolute Gasteiger partial charge is 0.480 e. The quantitative estimate of drug-likeness (QED) is 0.0436. The lowest BCUT2D eigenvalue weighted by molar-refractivity contribution is -0.143. The second-order valence-corrected chi connectivity index (χ2v) is 9.50. The maximum absolute atomic E-state index is 13.2. The highest BCUT2D eigenvalue weighted by molar-refractivity contribution is 5.94. The Morgan fingerprint density at radius 3 is 1.84 bits per heavy atom. The minimum Gasteiger partial charge on any atom is -0.480 e. The van der Waals surface area contributed by atoms with Gasteiger partial charge < -0.3 is 49.7 Å². The van der Waals surface area contributed by atoms with Crippen molar-refractivity contribution >= 4 is 35.6 Å². The minimum atomic E-state index is -1.28. The van der Waals surface area contributed by atoms with Crippen LogP contribution in [0.25, 0.3) is 0 Å². The monoisotopic (exact) mass is 543 g/mol. The maximum atomic E-state index is 13.2. The molecule has 0 aromatic rings. The van der Waals surface area contributed by atoms with E-state index in [0.717, 1.165) is 0 Å². The van der Waals surface area contributed by atoms with E-state index >= 15 is 0 Å². The summed E-state index contributed by atoms with van der Waals surface area (Å²) in [7, 11) is 0. The van der Waals surface area contributed by atoms with Crippen molar-refractivity contribution in [2.24, 2.45) is 39.6 Å². The number of hydrogen-bond donors (Lipinski definition) is 9. The van der Waals surface area contributed by atoms with Crippen LogP contribution >= 0.6 is 0 Å². The number of amides is 4. The van der Waals surface area contributed by atoms with Gasteiger partial charge in [-0.3, -0.25) is 24.2 Å². The Bertz CT molecular complexity index is 817. The van der Waals surface area contributed by atoms with Crippen LogP contribution < -0.4 is 44.6 Å². The molecule has 4 amide bonds. The van der Waals surface area contributed by atoms with E-state index in [4.69, 9.17) is 28.7 Å². The number of nitrogens with zero attached hydrogens (tertiary/aromatic N) is 1. The molecule has 15 nitrogen and oxygen atoms in total. The number of rotatable bonds is 20. The van der Waals surface area contributed by atoms with Crippen molar-refractivity contribution in [2.75, 3.05) is 13.1 Å². The number of primary amides is 1. The topological polar surface area (TPSA) is 284 Å². The predicted molar refractivity (Wildman–Crippen MR) is 142 cm³/mol. The number of nitrogens with one attached hydrogen (secondary N) is 3. The number of hydrogen-bond acceptors (Lipinski definition) is 8. The molecule has 218 valence electrons. The Kier molecular flexibility index (Phi) is 17.0. The van der Waals surface area contributed by atoms with Crippen LogP contribution in [0.2, 0.25) is 0 Å². The Balaban J connectivity index is 5.64. The number of guanidine groups is 1. The molecule has 0 saturated heterocycles. The van der Waals surface area contributed by atoms with Crippen molar-refractivity contribution in [2.45, 2.75) is 89.4 Å². The number of aliphatic carboxylic acids is 1. The summed E-state index contributed by atoms with van der Waals surface area (Å²) in [6.07, 6.45) is 1.84. The Hall–Kier alpha value is -3.46. The average molecular weight is 544 g/mol. The van der Waals surface area contributed by atoms with E-state index in [1.807, 2.05) is 0 Å². The first-order valence-corrected chi connectivity index (χ1v) is 12.7. The first kappa shape index (κ1) is 34.5. The van der Waals surface area contributed by atoms with Gasteiger partial charge in [0.2, 0.25) is 23.6 Å². The number of carboxylic acid groups (broad SMARTS) is 1. The van der Waals surface area contributed by atoms with Crippen LogP contribution in [0.5, 0.6) is 0 Å². The molecule has 0 aliphatic heterocycles. The van der Waals surface area contributed by atoms with Crippen molar-refractivity contribution in [3.8, 4) is 0 Å². The lowest BCUT2D eigenvalue weighted by Gasteiger charge is -2.25. The van der Waals surface area contributed by atoms with Gasteiger partial charge in [-0.05, 0) is 51.0 Å². The van der Waals surface area contributed by atoms with E-state index in [-0.39, 0.29) is 44.1 Å². The minimum absolute atomic E-state index is 0.0334. The first-order chi connectivity index (χ1) is 17.8. The zero-order valence-electron chi connectivity index (χ0n) is 22.3. The van der Waals surface area contributed by atoms with Gasteiger partial charge in [-0.2, -0.15) is 0 Å². The summed E-state index contributed by atoms with van der Waals surface area (Å²) in [6.45, 7) is 4.24. The van der Waals surface area contributed by atoms with Crippen molar-refractivity contribution in [3.05, 3.63) is 0 Å². The molecule has 0 aliphatic rings. The number of aliphatic imine (C=N–C) groups is 1. The van der Waals surface area contributed by atoms with E-state index in [2.05, 4.69) is 20.9 Å². The second kappa shape index (κ2) is 18.7. The molecular weight excluding hydrogens is 498 g/mol. The highest BCUT2D eigenvalue weighted by Crippen LogP contribution is 2.08. The maximum Gasteiger partial charge on any atom is 0.326 e. The normalized spacial score (nSPS) is 14.0. The standard InChI is InChI=1S/C23H45N9O6/c1-13(2)12-17(22(37)38)32-21(36)16(8-9-18(26)33)31-20(35)15(7-5-11-29-23(27)28)30-19(34)14(25)6-3-4-10-24/h13-17H,3-12,24-25H2,1-2H3,(H2,26,33)(H,30,34)(H,31,35)(H,32,36)(H,37,38)(H4,27,28,29). The summed E-state index contributed by atoms with van der Waals surface area (Å²) in [4.78, 5) is 65.5. The molecule has 0 rings (SSSR count). The molecule has 0 heterocycles. The number of unbranched alkanes of at least 4 members (excludes halogenated alkanes) is 1. The fourth-order valence-corrected chi connectivity index (χ4v) is 3.48. The number of carboxylic acids is 1. The van der Waals surface area contributed by atoms with Crippen LogP contribution in [0.3, 0.4) is 0 Å². The molecular formula is C23H45N9O6. The number of carbonyl (C=O) groups is 5. The van der Waals surface area contributed by atoms with Gasteiger partial charge in [0.05, 0.1) is 6.04 Å². The summed E-state index contributed by atoms with van der Waals surface area (Å²) in [5, 5.41) is 17.0. The van der Waals surface area contributed by atoms with E-state index in [1.165, 1.54) is 0 Å². The van der Waals surface area contributed by atoms with E-state index in [1.54, 1.807) is 13.8 Å². The molecule has 15 heteroatoms. The fraction of sp³-hybridized carbons (Fsp3) is 0.739. The lowest BCUT2D eigenvalue weighted by Crippen LogP contribution is -2.57. The van der Waals surface area contributed by atoms with Crippen molar-refractivity contribution in [1.29, 1.82) is 0 Å². The van der Waals surface area contributed by atoms with Crippen LogP contribution in [0.15, 0.2) is 4.99 Å². The lowest BCUT2D eigenvalue weighted by atomic mass is 10.0. The smallest absolute Gasteiger partial charge is 0.326 e. The van der Waals surface area contributed by atoms with Crippen LogP contribution in [0.1, 0.15) is 65.2 Å². The fourth-order valence-electron chi connectivity index (χ4n) is 3.48. The van der Waals surface area contributed by atoms with Gasteiger partial charge in [-0.1, -0.05) is 20.3 Å². The molecule has 14 N–H and O–H groups in total. The zero-order valence-corrected chi connectivity index (χ0v) is 22.3. The summed E-state index contributed by atoms with van der Waals surface area (Å²) < 4.78 is 0. The third-order valence-corrected chi connectivity index (χ3v) is 5.52. The second-order valence-electron chi connectivity index (χ2n) is 9.50. The van der Waals surface area contributed by atoms with Gasteiger partial charge in [0.1, 0.15) is 18.1 Å². The van der Waals surface area contributed by atoms with E-state index in [0.29, 0.717) is 32.2 Å². The third kappa shape index (κ3) is 15.6. The highest BCUT2D eigenvalue weighted by atomic mass is 16.4. The van der Waals surface area contributed by atoms with Gasteiger partial charge >= 0.3 is 5.97 Å². The summed E-state index contributed by atoms with van der Waals surface area (Å²) in [6, 6.07) is -4.46. The van der Waals surface area contributed by atoms with Gasteiger partial charge in [0.15, 0.2) is 5.96 Å². The number of nitrogens with two attached hydrogens (primary N) is 5. The number of carbonyl (C=O) groups excluding carboxylic acids is 4. The van der Waals surface area contributed by atoms with E-state index in [9.17, 15) is 29.1 Å². The zero-order chi connectivity index (χ0) is 29.3. The van der Waals surface area contributed by atoms with Crippen molar-refractivity contribution < 1.29 is 29.1 Å². The van der Waals surface area contributed by atoms with Crippen LogP contribution in [0, 0.1) is 5.92 Å². The van der Waals surface area contributed by atoms with Gasteiger partial charge in [0, 0.05) is 13.0 Å². The SMILES string of the molecule is CC(C)CC(NC(=O)C(CCC(N)=O)NC(=O)C(CCCN=C(N)N)NC(=O)C(N)CCCCN)C(=O)O. The average Bonchev–Trinajstić information content (AvgIpc) is 2.82. The first-order valence-electron chi connectivity index (χ1n) is 12.7. The Labute approximate surface area is 223 Å².